The second-order valence-corrected chi connectivity index (χ2v) is 5.41. The molecular formula is C14H17N3OS. The summed E-state index contributed by atoms with van der Waals surface area (Å²) in [5.41, 5.74) is 2.04. The highest BCUT2D eigenvalue weighted by Crippen LogP contribution is 2.19. The van der Waals surface area contributed by atoms with Crippen molar-refractivity contribution in [3.8, 4) is 0 Å². The predicted octanol–water partition coefficient (Wildman–Crippen LogP) is 1.88. The second kappa shape index (κ2) is 5.25. The van der Waals surface area contributed by atoms with Gasteiger partial charge in [0.2, 0.25) is 5.91 Å². The fourth-order valence-electron chi connectivity index (χ4n) is 2.56. The zero-order valence-electron chi connectivity index (χ0n) is 10.7. The van der Waals surface area contributed by atoms with E-state index in [9.17, 15) is 4.79 Å². The highest BCUT2D eigenvalue weighted by Gasteiger charge is 2.28. The summed E-state index contributed by atoms with van der Waals surface area (Å²) in [5.74, 6) is 2.39. The summed E-state index contributed by atoms with van der Waals surface area (Å²) in [7, 11) is 0. The molecule has 100 valence electrons. The van der Waals surface area contributed by atoms with Crippen molar-refractivity contribution in [1.82, 2.24) is 14.9 Å². The third-order valence-corrected chi connectivity index (χ3v) is 4.13. The van der Waals surface area contributed by atoms with E-state index in [1.807, 2.05) is 29.2 Å². The van der Waals surface area contributed by atoms with Gasteiger partial charge in [0.05, 0.1) is 11.0 Å². The average Bonchev–Trinajstić information content (AvgIpc) is 2.99. The summed E-state index contributed by atoms with van der Waals surface area (Å²) in [6, 6.07) is 7.98. The minimum atomic E-state index is 0.246. The molecule has 1 atom stereocenters. The molecule has 4 nitrogen and oxygen atoms in total. The van der Waals surface area contributed by atoms with Gasteiger partial charge in [0, 0.05) is 25.9 Å². The van der Waals surface area contributed by atoms with E-state index < -0.39 is 0 Å². The predicted molar refractivity (Wildman–Crippen MR) is 78.3 cm³/mol. The van der Waals surface area contributed by atoms with Crippen LogP contribution in [0.15, 0.2) is 24.3 Å². The molecular weight excluding hydrogens is 258 g/mol. The number of H-pyrrole nitrogens is 1. The molecule has 1 aliphatic rings. The normalized spacial score (nSPS) is 19.5. The number of aromatic nitrogens is 2. The number of thiol groups is 1. The van der Waals surface area contributed by atoms with E-state index in [2.05, 4.69) is 22.6 Å². The summed E-state index contributed by atoms with van der Waals surface area (Å²) in [6.45, 7) is 1.57. The van der Waals surface area contributed by atoms with Crippen LogP contribution in [0.25, 0.3) is 11.0 Å². The molecule has 2 heterocycles. The van der Waals surface area contributed by atoms with Gasteiger partial charge in [0.1, 0.15) is 5.82 Å². The Morgan fingerprint density at radius 2 is 2.26 bits per heavy atom. The molecule has 1 aliphatic heterocycles. The van der Waals surface area contributed by atoms with Crippen LogP contribution in [0.5, 0.6) is 0 Å². The fraction of sp³-hybridized carbons (Fsp3) is 0.429. The number of nitrogens with zero attached hydrogens (tertiary/aromatic N) is 2. The number of hydrogen-bond donors (Lipinski definition) is 2. The molecule has 1 aromatic heterocycles. The van der Waals surface area contributed by atoms with Crippen molar-refractivity contribution >= 4 is 29.6 Å². The van der Waals surface area contributed by atoms with Gasteiger partial charge in [-0.1, -0.05) is 12.1 Å². The van der Waals surface area contributed by atoms with Crippen LogP contribution in [0.1, 0.15) is 12.2 Å². The monoisotopic (exact) mass is 275 g/mol. The lowest BCUT2D eigenvalue weighted by Crippen LogP contribution is -2.28. The van der Waals surface area contributed by atoms with E-state index in [1.54, 1.807) is 0 Å². The number of para-hydroxylation sites is 2. The molecule has 1 fully saturated rings. The number of nitrogens with one attached hydrogen (secondary N) is 1. The molecule has 2 aromatic rings. The number of likely N-dealkylation sites (tertiary alicyclic amines) is 1. The van der Waals surface area contributed by atoms with Crippen molar-refractivity contribution in [3.63, 3.8) is 0 Å². The molecule has 1 amide bonds. The Morgan fingerprint density at radius 1 is 1.42 bits per heavy atom. The van der Waals surface area contributed by atoms with Gasteiger partial charge in [-0.25, -0.2) is 4.98 Å². The van der Waals surface area contributed by atoms with Gasteiger partial charge >= 0.3 is 0 Å². The van der Waals surface area contributed by atoms with Crippen LogP contribution in [0, 0.1) is 5.92 Å². The molecule has 1 unspecified atom stereocenters. The van der Waals surface area contributed by atoms with E-state index >= 15 is 0 Å². The first-order valence-electron chi connectivity index (χ1n) is 6.58. The molecule has 1 aromatic carbocycles. The van der Waals surface area contributed by atoms with Crippen LogP contribution in [-0.4, -0.2) is 39.6 Å². The number of carbonyl (C=O) groups is 1. The summed E-state index contributed by atoms with van der Waals surface area (Å²) < 4.78 is 0. The SMILES string of the molecule is O=C1CC(CS)CN1CCc1nc2ccccc2[nH]1. The molecule has 0 radical (unpaired) electrons. The molecule has 3 rings (SSSR count). The highest BCUT2D eigenvalue weighted by molar-refractivity contribution is 7.80. The van der Waals surface area contributed by atoms with E-state index in [-0.39, 0.29) is 5.91 Å². The maximum atomic E-state index is 11.8. The maximum Gasteiger partial charge on any atom is 0.222 e. The molecule has 0 bridgehead atoms. The first-order chi connectivity index (χ1) is 9.26. The summed E-state index contributed by atoms with van der Waals surface area (Å²) in [6.07, 6.45) is 1.42. The summed E-state index contributed by atoms with van der Waals surface area (Å²) >= 11 is 4.27. The lowest BCUT2D eigenvalue weighted by Gasteiger charge is -2.15. The number of aromatic amines is 1. The van der Waals surface area contributed by atoms with Crippen molar-refractivity contribution in [2.24, 2.45) is 5.92 Å². The lowest BCUT2D eigenvalue weighted by molar-refractivity contribution is -0.127. The van der Waals surface area contributed by atoms with Crippen LogP contribution in [0.3, 0.4) is 0 Å². The van der Waals surface area contributed by atoms with Crippen molar-refractivity contribution in [2.45, 2.75) is 12.8 Å². The zero-order chi connectivity index (χ0) is 13.2. The summed E-state index contributed by atoms with van der Waals surface area (Å²) in [5, 5.41) is 0. The Morgan fingerprint density at radius 3 is 3.00 bits per heavy atom. The van der Waals surface area contributed by atoms with E-state index in [1.165, 1.54) is 0 Å². The van der Waals surface area contributed by atoms with Gasteiger partial charge in [-0.15, -0.1) is 0 Å². The van der Waals surface area contributed by atoms with Crippen LogP contribution >= 0.6 is 12.6 Å². The van der Waals surface area contributed by atoms with Crippen molar-refractivity contribution in [2.75, 3.05) is 18.8 Å². The first-order valence-corrected chi connectivity index (χ1v) is 7.22. The van der Waals surface area contributed by atoms with E-state index in [4.69, 9.17) is 0 Å². The number of fused-ring (bicyclic) bond motifs is 1. The molecule has 0 aliphatic carbocycles. The number of benzene rings is 1. The van der Waals surface area contributed by atoms with Gasteiger partial charge in [-0.3, -0.25) is 4.79 Å². The third-order valence-electron chi connectivity index (χ3n) is 3.61. The first kappa shape index (κ1) is 12.5. The molecule has 0 saturated carbocycles. The number of rotatable bonds is 4. The topological polar surface area (TPSA) is 49.0 Å². The van der Waals surface area contributed by atoms with Crippen LogP contribution in [-0.2, 0) is 11.2 Å². The zero-order valence-corrected chi connectivity index (χ0v) is 11.6. The van der Waals surface area contributed by atoms with Crippen LogP contribution < -0.4 is 0 Å². The van der Waals surface area contributed by atoms with Crippen molar-refractivity contribution < 1.29 is 4.79 Å². The van der Waals surface area contributed by atoms with E-state index in [0.29, 0.717) is 12.3 Å². The van der Waals surface area contributed by atoms with Crippen LogP contribution in [0.4, 0.5) is 0 Å². The molecule has 1 saturated heterocycles. The minimum absolute atomic E-state index is 0.246. The second-order valence-electron chi connectivity index (χ2n) is 5.04. The maximum absolute atomic E-state index is 11.8. The average molecular weight is 275 g/mol. The number of imidazole rings is 1. The Balaban J connectivity index is 1.64. The lowest BCUT2D eigenvalue weighted by atomic mass is 10.1. The standard InChI is InChI=1S/C14H17N3OS/c18-14-7-10(9-19)8-17(14)6-5-13-15-11-3-1-2-4-12(11)16-13/h1-4,10,19H,5-9H2,(H,15,16). The van der Waals surface area contributed by atoms with Gasteiger partial charge in [-0.05, 0) is 23.8 Å². The summed E-state index contributed by atoms with van der Waals surface area (Å²) in [4.78, 5) is 21.5. The largest absolute Gasteiger partial charge is 0.342 e. The molecule has 19 heavy (non-hydrogen) atoms. The minimum Gasteiger partial charge on any atom is -0.342 e. The quantitative estimate of drug-likeness (QED) is 0.837. The Labute approximate surface area is 117 Å². The van der Waals surface area contributed by atoms with Gasteiger partial charge < -0.3 is 9.88 Å². The van der Waals surface area contributed by atoms with Gasteiger partial charge in [-0.2, -0.15) is 12.6 Å². The third kappa shape index (κ3) is 2.61. The van der Waals surface area contributed by atoms with Crippen molar-refractivity contribution in [3.05, 3.63) is 30.1 Å². The fourth-order valence-corrected chi connectivity index (χ4v) is 2.80. The Kier molecular flexibility index (Phi) is 3.46. The smallest absolute Gasteiger partial charge is 0.222 e. The molecule has 5 heteroatoms. The van der Waals surface area contributed by atoms with E-state index in [0.717, 1.165) is 42.1 Å². The number of hydrogen-bond acceptors (Lipinski definition) is 3. The number of amides is 1. The van der Waals surface area contributed by atoms with Gasteiger partial charge in [0.15, 0.2) is 0 Å². The number of carbonyl (C=O) groups excluding carboxylic acids is 1. The Hall–Kier alpha value is -1.49. The van der Waals surface area contributed by atoms with Crippen LogP contribution in [0.2, 0.25) is 0 Å². The Bertz CT molecular complexity index is 562. The highest BCUT2D eigenvalue weighted by atomic mass is 32.1. The molecule has 0 spiro atoms. The molecule has 1 N–H and O–H groups in total. The van der Waals surface area contributed by atoms with Gasteiger partial charge in [0.25, 0.3) is 0 Å². The van der Waals surface area contributed by atoms with Crippen molar-refractivity contribution in [1.29, 1.82) is 0 Å².